The summed E-state index contributed by atoms with van der Waals surface area (Å²) in [4.78, 5) is 0. The minimum Gasteiger partial charge on any atom is -0.399 e. The quantitative estimate of drug-likeness (QED) is 0.643. The van der Waals surface area contributed by atoms with Crippen LogP contribution in [0.2, 0.25) is 0 Å². The molecule has 2 N–H and O–H groups in total. The van der Waals surface area contributed by atoms with Gasteiger partial charge in [-0.2, -0.15) is 0 Å². The van der Waals surface area contributed by atoms with Gasteiger partial charge in [-0.1, -0.05) is 26.0 Å². The fourth-order valence-corrected chi connectivity index (χ4v) is 1.10. The summed E-state index contributed by atoms with van der Waals surface area (Å²) in [6.07, 6.45) is 1.17. The van der Waals surface area contributed by atoms with Crippen molar-refractivity contribution in [3.63, 3.8) is 0 Å². The van der Waals surface area contributed by atoms with E-state index in [1.165, 1.54) is 12.0 Å². The maximum Gasteiger partial charge on any atom is 0.0316 e. The molecule has 1 heteroatoms. The fourth-order valence-electron chi connectivity index (χ4n) is 1.10. The molecule has 0 saturated heterocycles. The monoisotopic (exact) mass is 149 g/mol. The first-order chi connectivity index (χ1) is 5.24. The average molecular weight is 149 g/mol. The van der Waals surface area contributed by atoms with E-state index in [4.69, 9.17) is 5.73 Å². The summed E-state index contributed by atoms with van der Waals surface area (Å²) in [6.45, 7) is 4.41. The molecule has 0 saturated carbocycles. The van der Waals surface area contributed by atoms with Crippen molar-refractivity contribution in [3.8, 4) is 0 Å². The molecule has 0 aliphatic rings. The summed E-state index contributed by atoms with van der Waals surface area (Å²) in [6, 6.07) is 8.11. The molecule has 0 aliphatic heterocycles. The van der Waals surface area contributed by atoms with Gasteiger partial charge in [0.15, 0.2) is 0 Å². The number of benzene rings is 1. The lowest BCUT2D eigenvalue weighted by molar-refractivity contribution is 0.734. The van der Waals surface area contributed by atoms with Gasteiger partial charge in [-0.15, -0.1) is 0 Å². The van der Waals surface area contributed by atoms with Crippen LogP contribution in [0.4, 0.5) is 5.69 Å². The Labute approximate surface area is 68.2 Å². The third kappa shape index (κ3) is 1.97. The minimum atomic E-state index is 0.624. The largest absolute Gasteiger partial charge is 0.399 e. The highest BCUT2D eigenvalue weighted by Gasteiger charge is 2.01. The maximum atomic E-state index is 5.65. The Hall–Kier alpha value is -0.980. The van der Waals surface area contributed by atoms with Crippen LogP contribution in [-0.2, 0) is 0 Å². The van der Waals surface area contributed by atoms with Gasteiger partial charge in [0, 0.05) is 5.69 Å². The first-order valence-electron chi connectivity index (χ1n) is 4.09. The van der Waals surface area contributed by atoms with E-state index in [-0.39, 0.29) is 0 Å². The second kappa shape index (κ2) is 3.42. The number of hydrogen-bond donors (Lipinski definition) is 1. The Balaban J connectivity index is 2.86. The predicted octanol–water partition coefficient (Wildman–Crippen LogP) is 2.78. The number of anilines is 1. The lowest BCUT2D eigenvalue weighted by Crippen LogP contribution is -1.92. The lowest BCUT2D eigenvalue weighted by Gasteiger charge is -2.08. The van der Waals surface area contributed by atoms with Crippen LogP contribution in [-0.4, -0.2) is 0 Å². The summed E-state index contributed by atoms with van der Waals surface area (Å²) < 4.78 is 0. The van der Waals surface area contributed by atoms with E-state index >= 15 is 0 Å². The van der Waals surface area contributed by atoms with E-state index in [2.05, 4.69) is 19.9 Å². The van der Waals surface area contributed by atoms with Crippen LogP contribution < -0.4 is 5.73 Å². The van der Waals surface area contributed by atoms with Gasteiger partial charge in [0.05, 0.1) is 0 Å². The molecule has 0 aromatic heterocycles. The smallest absolute Gasteiger partial charge is 0.0316 e. The number of nitrogen functional groups attached to an aromatic ring is 1. The normalized spacial score (nSPS) is 12.9. The Bertz CT molecular complexity index is 230. The standard InChI is InChI=1S/C10H15N/c1-3-8(2)9-5-4-6-10(11)7-9/h4-8H,3,11H2,1-2H3. The van der Waals surface area contributed by atoms with Gasteiger partial charge in [-0.3, -0.25) is 0 Å². The van der Waals surface area contributed by atoms with Gasteiger partial charge < -0.3 is 5.73 Å². The topological polar surface area (TPSA) is 26.0 Å². The highest BCUT2D eigenvalue weighted by Crippen LogP contribution is 2.19. The minimum absolute atomic E-state index is 0.624. The summed E-state index contributed by atoms with van der Waals surface area (Å²) in [5, 5.41) is 0. The number of hydrogen-bond acceptors (Lipinski definition) is 1. The van der Waals surface area contributed by atoms with Crippen LogP contribution in [0.25, 0.3) is 0 Å². The van der Waals surface area contributed by atoms with E-state index in [0.29, 0.717) is 5.92 Å². The van der Waals surface area contributed by atoms with Gasteiger partial charge in [0.25, 0.3) is 0 Å². The molecule has 1 rings (SSSR count). The van der Waals surface area contributed by atoms with E-state index in [1.54, 1.807) is 0 Å². The summed E-state index contributed by atoms with van der Waals surface area (Å²) >= 11 is 0. The predicted molar refractivity (Wildman–Crippen MR) is 49.6 cm³/mol. The van der Waals surface area contributed by atoms with Crippen molar-refractivity contribution < 1.29 is 0 Å². The third-order valence-electron chi connectivity index (χ3n) is 2.09. The van der Waals surface area contributed by atoms with E-state index in [1.807, 2.05) is 18.2 Å². The Kier molecular flexibility index (Phi) is 2.53. The molecule has 0 spiro atoms. The molecule has 1 atom stereocenters. The second-order valence-electron chi connectivity index (χ2n) is 2.98. The Morgan fingerprint density at radius 1 is 1.45 bits per heavy atom. The molecule has 1 nitrogen and oxygen atoms in total. The molecule has 0 radical (unpaired) electrons. The molecule has 60 valence electrons. The lowest BCUT2D eigenvalue weighted by atomic mass is 9.98. The van der Waals surface area contributed by atoms with E-state index in [0.717, 1.165) is 5.69 Å². The highest BCUT2D eigenvalue weighted by atomic mass is 14.5. The Morgan fingerprint density at radius 2 is 2.18 bits per heavy atom. The van der Waals surface area contributed by atoms with Crippen LogP contribution >= 0.6 is 0 Å². The zero-order chi connectivity index (χ0) is 8.27. The molecular formula is C10H15N. The average Bonchev–Trinajstić information content (AvgIpc) is 2.03. The molecule has 0 heterocycles. The number of rotatable bonds is 2. The van der Waals surface area contributed by atoms with Crippen LogP contribution in [0, 0.1) is 0 Å². The van der Waals surface area contributed by atoms with Gasteiger partial charge in [-0.25, -0.2) is 0 Å². The molecule has 1 unspecified atom stereocenters. The van der Waals surface area contributed by atoms with Crippen LogP contribution in [0.1, 0.15) is 31.7 Å². The highest BCUT2D eigenvalue weighted by molar-refractivity contribution is 5.41. The van der Waals surface area contributed by atoms with E-state index < -0.39 is 0 Å². The first-order valence-corrected chi connectivity index (χ1v) is 4.09. The first kappa shape index (κ1) is 8.12. The summed E-state index contributed by atoms with van der Waals surface area (Å²) in [5.41, 5.74) is 7.86. The number of nitrogens with two attached hydrogens (primary N) is 1. The molecule has 0 aliphatic carbocycles. The van der Waals surface area contributed by atoms with Crippen molar-refractivity contribution in [1.29, 1.82) is 0 Å². The molecule has 11 heavy (non-hydrogen) atoms. The van der Waals surface area contributed by atoms with Crippen LogP contribution in [0.15, 0.2) is 24.3 Å². The van der Waals surface area contributed by atoms with Crippen molar-refractivity contribution >= 4 is 5.69 Å². The molecule has 0 amide bonds. The molecule has 1 aromatic carbocycles. The zero-order valence-electron chi connectivity index (χ0n) is 7.17. The van der Waals surface area contributed by atoms with Crippen molar-refractivity contribution in [1.82, 2.24) is 0 Å². The molecular weight excluding hydrogens is 134 g/mol. The van der Waals surface area contributed by atoms with Crippen molar-refractivity contribution in [2.24, 2.45) is 0 Å². The molecule has 0 bridgehead atoms. The van der Waals surface area contributed by atoms with Crippen molar-refractivity contribution in [2.75, 3.05) is 5.73 Å². The van der Waals surface area contributed by atoms with Gasteiger partial charge in [-0.05, 0) is 30.0 Å². The third-order valence-corrected chi connectivity index (χ3v) is 2.09. The van der Waals surface area contributed by atoms with Gasteiger partial charge in [0.1, 0.15) is 0 Å². The van der Waals surface area contributed by atoms with Gasteiger partial charge >= 0.3 is 0 Å². The molecule has 0 fully saturated rings. The summed E-state index contributed by atoms with van der Waals surface area (Å²) in [5.74, 6) is 0.624. The van der Waals surface area contributed by atoms with E-state index in [9.17, 15) is 0 Å². The Morgan fingerprint density at radius 3 is 2.73 bits per heavy atom. The van der Waals surface area contributed by atoms with Gasteiger partial charge in [0.2, 0.25) is 0 Å². The fraction of sp³-hybridized carbons (Fsp3) is 0.400. The van der Waals surface area contributed by atoms with Crippen molar-refractivity contribution in [2.45, 2.75) is 26.2 Å². The SMILES string of the molecule is CCC(C)c1cccc(N)c1. The summed E-state index contributed by atoms with van der Waals surface area (Å²) in [7, 11) is 0. The molecule has 1 aromatic rings. The second-order valence-corrected chi connectivity index (χ2v) is 2.98. The van der Waals surface area contributed by atoms with Crippen molar-refractivity contribution in [3.05, 3.63) is 29.8 Å². The van der Waals surface area contributed by atoms with Crippen LogP contribution in [0.5, 0.6) is 0 Å². The zero-order valence-corrected chi connectivity index (χ0v) is 7.17. The maximum absolute atomic E-state index is 5.65. The van der Waals surface area contributed by atoms with Crippen LogP contribution in [0.3, 0.4) is 0 Å².